The highest BCUT2D eigenvalue weighted by molar-refractivity contribution is 6.20. The molecule has 1 atom stereocenters. The average Bonchev–Trinajstić information content (AvgIpc) is 2.72. The number of carbonyl (C=O) groups excluding carboxylic acids is 2. The summed E-state index contributed by atoms with van der Waals surface area (Å²) < 4.78 is 10.5. The van der Waals surface area contributed by atoms with Crippen LogP contribution in [0.1, 0.15) is 105 Å². The number of halogens is 1. The molecular formula is C24H37ClO4. The number of alkyl halides is 1. The van der Waals surface area contributed by atoms with E-state index in [9.17, 15) is 9.59 Å². The van der Waals surface area contributed by atoms with Gasteiger partial charge in [0.25, 0.3) is 0 Å². The smallest absolute Gasteiger partial charge is 0.339 e. The fourth-order valence-electron chi connectivity index (χ4n) is 3.12. The zero-order valence-electron chi connectivity index (χ0n) is 18.1. The molecule has 0 saturated heterocycles. The maximum Gasteiger partial charge on any atom is 0.339 e. The number of benzene rings is 1. The summed E-state index contributed by atoms with van der Waals surface area (Å²) >= 11 is 5.81. The summed E-state index contributed by atoms with van der Waals surface area (Å²) in [4.78, 5) is 24.5. The minimum Gasteiger partial charge on any atom is -0.462 e. The second-order valence-corrected chi connectivity index (χ2v) is 8.34. The molecule has 0 fully saturated rings. The van der Waals surface area contributed by atoms with Crippen molar-refractivity contribution in [1.29, 1.82) is 0 Å². The van der Waals surface area contributed by atoms with Crippen molar-refractivity contribution in [2.75, 3.05) is 13.2 Å². The summed E-state index contributed by atoms with van der Waals surface area (Å²) in [6.07, 6.45) is 13.7. The Morgan fingerprint density at radius 1 is 0.793 bits per heavy atom. The monoisotopic (exact) mass is 424 g/mol. The number of esters is 2. The first-order valence-corrected chi connectivity index (χ1v) is 11.6. The molecule has 4 nitrogen and oxygen atoms in total. The number of ether oxygens (including phenoxy) is 2. The minimum atomic E-state index is -0.556. The maximum atomic E-state index is 12.3. The molecule has 1 aromatic carbocycles. The Balaban J connectivity index is 2.20. The van der Waals surface area contributed by atoms with Crippen LogP contribution in [-0.4, -0.2) is 30.5 Å². The standard InChI is InChI=1S/C24H37ClO4/c1-3-4-5-6-7-8-9-10-11-12-15-18-28-23(26)21-16-13-14-17-22(21)24(27)29-19-20(2)25/h13-14,16-17,20H,3-12,15,18-19H2,1-2H3. The predicted octanol–water partition coefficient (Wildman–Crippen LogP) is 6.94. The quantitative estimate of drug-likeness (QED) is 0.164. The molecule has 0 aliphatic carbocycles. The molecule has 0 radical (unpaired) electrons. The lowest BCUT2D eigenvalue weighted by molar-refractivity contribution is 0.0455. The number of rotatable bonds is 16. The molecule has 0 N–H and O–H groups in total. The summed E-state index contributed by atoms with van der Waals surface area (Å²) in [5, 5.41) is -0.279. The van der Waals surface area contributed by atoms with Crippen LogP contribution in [0, 0.1) is 0 Å². The van der Waals surface area contributed by atoms with Gasteiger partial charge < -0.3 is 9.47 Å². The van der Waals surface area contributed by atoms with E-state index in [4.69, 9.17) is 21.1 Å². The third-order valence-electron chi connectivity index (χ3n) is 4.79. The Kier molecular flexibility index (Phi) is 14.3. The zero-order chi connectivity index (χ0) is 21.3. The molecule has 1 rings (SSSR count). The van der Waals surface area contributed by atoms with Crippen LogP contribution in [0.2, 0.25) is 0 Å². The van der Waals surface area contributed by atoms with Gasteiger partial charge in [-0.1, -0.05) is 83.3 Å². The van der Waals surface area contributed by atoms with Crippen molar-refractivity contribution in [3.63, 3.8) is 0 Å². The normalized spacial score (nSPS) is 11.8. The van der Waals surface area contributed by atoms with E-state index in [1.54, 1.807) is 31.2 Å². The topological polar surface area (TPSA) is 52.6 Å². The largest absolute Gasteiger partial charge is 0.462 e. The molecule has 164 valence electrons. The van der Waals surface area contributed by atoms with Gasteiger partial charge in [0, 0.05) is 0 Å². The van der Waals surface area contributed by atoms with Gasteiger partial charge in [0.2, 0.25) is 0 Å². The first-order chi connectivity index (χ1) is 14.1. The Hall–Kier alpha value is -1.55. The molecule has 0 aliphatic rings. The number of unbranched alkanes of at least 4 members (excludes halogenated alkanes) is 10. The second-order valence-electron chi connectivity index (χ2n) is 7.60. The highest BCUT2D eigenvalue weighted by Crippen LogP contribution is 2.14. The summed E-state index contributed by atoms with van der Waals surface area (Å²) in [5.41, 5.74) is 0.455. The highest BCUT2D eigenvalue weighted by Gasteiger charge is 2.19. The van der Waals surface area contributed by atoms with Crippen molar-refractivity contribution in [3.8, 4) is 0 Å². The third kappa shape index (κ3) is 11.9. The van der Waals surface area contributed by atoms with Crippen LogP contribution in [0.15, 0.2) is 24.3 Å². The van der Waals surface area contributed by atoms with Crippen molar-refractivity contribution >= 4 is 23.5 Å². The maximum absolute atomic E-state index is 12.3. The molecule has 1 unspecified atom stereocenters. The van der Waals surface area contributed by atoms with Crippen LogP contribution < -0.4 is 0 Å². The van der Waals surface area contributed by atoms with Crippen LogP contribution in [0.4, 0.5) is 0 Å². The average molecular weight is 425 g/mol. The predicted molar refractivity (Wildman–Crippen MR) is 119 cm³/mol. The third-order valence-corrected chi connectivity index (χ3v) is 4.92. The summed E-state index contributed by atoms with van der Waals surface area (Å²) in [6, 6.07) is 6.56. The summed E-state index contributed by atoms with van der Waals surface area (Å²) in [5.74, 6) is -1.04. The van der Waals surface area contributed by atoms with E-state index in [1.807, 2.05) is 0 Å². The second kappa shape index (κ2) is 16.3. The van der Waals surface area contributed by atoms with Gasteiger partial charge in [-0.3, -0.25) is 0 Å². The molecule has 29 heavy (non-hydrogen) atoms. The van der Waals surface area contributed by atoms with E-state index in [1.165, 1.54) is 57.8 Å². The zero-order valence-corrected chi connectivity index (χ0v) is 18.8. The van der Waals surface area contributed by atoms with Gasteiger partial charge in [0.1, 0.15) is 6.61 Å². The van der Waals surface area contributed by atoms with E-state index < -0.39 is 11.9 Å². The van der Waals surface area contributed by atoms with Gasteiger partial charge >= 0.3 is 11.9 Å². The number of hydrogen-bond acceptors (Lipinski definition) is 4. The lowest BCUT2D eigenvalue weighted by atomic mass is 10.1. The van der Waals surface area contributed by atoms with Gasteiger partial charge in [-0.05, 0) is 25.5 Å². The van der Waals surface area contributed by atoms with Crippen LogP contribution in [0.5, 0.6) is 0 Å². The molecule has 0 aromatic heterocycles. The van der Waals surface area contributed by atoms with E-state index in [2.05, 4.69) is 6.92 Å². The molecule has 0 aliphatic heterocycles. The minimum absolute atomic E-state index is 0.0997. The first-order valence-electron chi connectivity index (χ1n) is 11.1. The fraction of sp³-hybridized carbons (Fsp3) is 0.667. The van der Waals surface area contributed by atoms with E-state index in [0.717, 1.165) is 12.8 Å². The Morgan fingerprint density at radius 3 is 1.72 bits per heavy atom. The fourth-order valence-corrected chi connectivity index (χ4v) is 3.18. The molecule has 5 heteroatoms. The van der Waals surface area contributed by atoms with Crippen molar-refractivity contribution in [2.24, 2.45) is 0 Å². The molecule has 1 aromatic rings. The van der Waals surface area contributed by atoms with E-state index in [0.29, 0.717) is 6.61 Å². The molecule has 0 bridgehead atoms. The van der Waals surface area contributed by atoms with Crippen LogP contribution >= 0.6 is 11.6 Å². The lowest BCUT2D eigenvalue weighted by Gasteiger charge is -2.10. The van der Waals surface area contributed by atoms with Crippen LogP contribution in [-0.2, 0) is 9.47 Å². The molecule has 0 spiro atoms. The molecule has 0 heterocycles. The highest BCUT2D eigenvalue weighted by atomic mass is 35.5. The van der Waals surface area contributed by atoms with Crippen molar-refractivity contribution in [1.82, 2.24) is 0 Å². The summed E-state index contributed by atoms with van der Waals surface area (Å²) in [6.45, 7) is 4.46. The van der Waals surface area contributed by atoms with E-state index >= 15 is 0 Å². The first kappa shape index (κ1) is 25.5. The summed E-state index contributed by atoms with van der Waals surface area (Å²) in [7, 11) is 0. The SMILES string of the molecule is CCCCCCCCCCCCCOC(=O)c1ccccc1C(=O)OCC(C)Cl. The number of carbonyl (C=O) groups is 2. The Morgan fingerprint density at radius 2 is 1.24 bits per heavy atom. The number of hydrogen-bond donors (Lipinski definition) is 0. The van der Waals surface area contributed by atoms with Crippen molar-refractivity contribution < 1.29 is 19.1 Å². The van der Waals surface area contributed by atoms with Gasteiger partial charge in [-0.2, -0.15) is 0 Å². The Labute approximate surface area is 181 Å². The van der Waals surface area contributed by atoms with E-state index in [-0.39, 0.29) is 23.1 Å². The Bertz CT molecular complexity index is 586. The lowest BCUT2D eigenvalue weighted by Crippen LogP contribution is -2.17. The van der Waals surface area contributed by atoms with Gasteiger partial charge in [-0.15, -0.1) is 11.6 Å². The van der Waals surface area contributed by atoms with Crippen LogP contribution in [0.25, 0.3) is 0 Å². The van der Waals surface area contributed by atoms with Crippen LogP contribution in [0.3, 0.4) is 0 Å². The molecular weight excluding hydrogens is 388 g/mol. The van der Waals surface area contributed by atoms with Gasteiger partial charge in [0.05, 0.1) is 23.1 Å². The van der Waals surface area contributed by atoms with Gasteiger partial charge in [0.15, 0.2) is 0 Å². The van der Waals surface area contributed by atoms with Gasteiger partial charge in [-0.25, -0.2) is 9.59 Å². The molecule has 0 amide bonds. The van der Waals surface area contributed by atoms with Crippen molar-refractivity contribution in [3.05, 3.63) is 35.4 Å². The van der Waals surface area contributed by atoms with Crippen molar-refractivity contribution in [2.45, 2.75) is 89.9 Å². The molecule has 0 saturated carbocycles.